The van der Waals surface area contributed by atoms with Crippen LogP contribution < -0.4 is 5.48 Å². The molecular formula is C20H21N3O2S. The van der Waals surface area contributed by atoms with Gasteiger partial charge >= 0.3 is 0 Å². The van der Waals surface area contributed by atoms with Gasteiger partial charge < -0.3 is 4.98 Å². The topological polar surface area (TPSA) is 67.0 Å². The van der Waals surface area contributed by atoms with E-state index in [4.69, 9.17) is 4.84 Å². The second-order valence-electron chi connectivity index (χ2n) is 5.86. The fourth-order valence-corrected chi connectivity index (χ4v) is 3.16. The SMILES string of the molecule is Cc1[nH]c(SCC(=O)NOCc2ccccc2)nc1Cc1ccccc1. The minimum Gasteiger partial charge on any atom is -0.337 e. The van der Waals surface area contributed by atoms with E-state index in [0.717, 1.165) is 28.5 Å². The van der Waals surface area contributed by atoms with Crippen LogP contribution in [0.4, 0.5) is 0 Å². The Bertz CT molecular complexity index is 835. The fraction of sp³-hybridized carbons (Fsp3) is 0.200. The lowest BCUT2D eigenvalue weighted by Crippen LogP contribution is -2.25. The normalized spacial score (nSPS) is 10.7. The number of aryl methyl sites for hydroxylation is 1. The summed E-state index contributed by atoms with van der Waals surface area (Å²) >= 11 is 1.36. The summed E-state index contributed by atoms with van der Waals surface area (Å²) in [5.41, 5.74) is 6.71. The van der Waals surface area contributed by atoms with Gasteiger partial charge in [-0.3, -0.25) is 9.63 Å². The van der Waals surface area contributed by atoms with Gasteiger partial charge in [-0.1, -0.05) is 72.4 Å². The van der Waals surface area contributed by atoms with Crippen molar-refractivity contribution in [2.45, 2.75) is 25.1 Å². The Morgan fingerprint density at radius 3 is 2.42 bits per heavy atom. The number of benzene rings is 2. The summed E-state index contributed by atoms with van der Waals surface area (Å²) in [6.07, 6.45) is 0.774. The number of amides is 1. The Hall–Kier alpha value is -2.57. The molecule has 1 aromatic heterocycles. The van der Waals surface area contributed by atoms with Gasteiger partial charge in [0.15, 0.2) is 5.16 Å². The molecule has 0 atom stereocenters. The van der Waals surface area contributed by atoms with Crippen LogP contribution >= 0.6 is 11.8 Å². The van der Waals surface area contributed by atoms with Crippen molar-refractivity contribution >= 4 is 17.7 Å². The molecule has 3 aromatic rings. The van der Waals surface area contributed by atoms with Crippen LogP contribution in [-0.4, -0.2) is 21.6 Å². The molecule has 0 unspecified atom stereocenters. The molecule has 2 N–H and O–H groups in total. The maximum absolute atomic E-state index is 11.9. The van der Waals surface area contributed by atoms with E-state index in [1.165, 1.54) is 17.3 Å². The zero-order chi connectivity index (χ0) is 18.2. The van der Waals surface area contributed by atoms with E-state index >= 15 is 0 Å². The molecule has 0 aliphatic heterocycles. The summed E-state index contributed by atoms with van der Waals surface area (Å²) in [4.78, 5) is 24.9. The average molecular weight is 367 g/mol. The molecule has 1 amide bonds. The number of H-pyrrole nitrogens is 1. The number of aromatic nitrogens is 2. The standard InChI is InChI=1S/C20H21N3O2S/c1-15-18(12-16-8-4-2-5-9-16)22-20(21-15)26-14-19(24)23-25-13-17-10-6-3-7-11-17/h2-11H,12-14H2,1H3,(H,21,22)(H,23,24). The highest BCUT2D eigenvalue weighted by molar-refractivity contribution is 7.99. The zero-order valence-corrected chi connectivity index (χ0v) is 15.4. The van der Waals surface area contributed by atoms with Gasteiger partial charge in [-0.2, -0.15) is 0 Å². The minimum absolute atomic E-state index is 0.190. The van der Waals surface area contributed by atoms with Gasteiger partial charge in [-0.25, -0.2) is 10.5 Å². The average Bonchev–Trinajstić information content (AvgIpc) is 3.01. The predicted molar refractivity (Wildman–Crippen MR) is 103 cm³/mol. The summed E-state index contributed by atoms with van der Waals surface area (Å²) in [6, 6.07) is 19.9. The smallest absolute Gasteiger partial charge is 0.254 e. The molecule has 0 fully saturated rings. The highest BCUT2D eigenvalue weighted by Gasteiger charge is 2.10. The number of carbonyl (C=O) groups is 1. The lowest BCUT2D eigenvalue weighted by molar-refractivity contribution is -0.131. The van der Waals surface area contributed by atoms with E-state index in [1.807, 2.05) is 55.5 Å². The van der Waals surface area contributed by atoms with Crippen LogP contribution in [0.2, 0.25) is 0 Å². The van der Waals surface area contributed by atoms with Crippen LogP contribution in [0.25, 0.3) is 0 Å². The van der Waals surface area contributed by atoms with Crippen molar-refractivity contribution < 1.29 is 9.63 Å². The van der Waals surface area contributed by atoms with Gasteiger partial charge in [0.1, 0.15) is 0 Å². The zero-order valence-electron chi connectivity index (χ0n) is 14.6. The van der Waals surface area contributed by atoms with Gasteiger partial charge in [0.25, 0.3) is 5.91 Å². The Labute approximate surface area is 157 Å². The van der Waals surface area contributed by atoms with E-state index in [2.05, 4.69) is 27.6 Å². The molecule has 1 heterocycles. The second kappa shape index (κ2) is 9.22. The van der Waals surface area contributed by atoms with Crippen molar-refractivity contribution in [1.29, 1.82) is 0 Å². The summed E-state index contributed by atoms with van der Waals surface area (Å²) in [5, 5.41) is 0.742. The third-order valence-corrected chi connectivity index (χ3v) is 4.66. The maximum atomic E-state index is 11.9. The first-order chi connectivity index (χ1) is 12.7. The summed E-state index contributed by atoms with van der Waals surface area (Å²) in [6.45, 7) is 2.34. The van der Waals surface area contributed by atoms with Crippen molar-refractivity contribution in [3.8, 4) is 0 Å². The summed E-state index contributed by atoms with van der Waals surface area (Å²) in [5.74, 6) is 0.0524. The number of rotatable bonds is 8. The van der Waals surface area contributed by atoms with Gasteiger partial charge in [0.05, 0.1) is 18.1 Å². The maximum Gasteiger partial charge on any atom is 0.254 e. The number of carbonyl (C=O) groups excluding carboxylic acids is 1. The highest BCUT2D eigenvalue weighted by Crippen LogP contribution is 2.18. The molecule has 5 nitrogen and oxygen atoms in total. The van der Waals surface area contributed by atoms with Crippen molar-refractivity contribution in [3.05, 3.63) is 83.2 Å². The van der Waals surface area contributed by atoms with Crippen molar-refractivity contribution in [3.63, 3.8) is 0 Å². The monoisotopic (exact) mass is 367 g/mol. The fourth-order valence-electron chi connectivity index (χ4n) is 2.43. The quantitative estimate of drug-likeness (QED) is 0.471. The lowest BCUT2D eigenvalue weighted by atomic mass is 10.1. The molecule has 0 aliphatic rings. The molecule has 0 aliphatic carbocycles. The molecule has 0 spiro atoms. The van der Waals surface area contributed by atoms with E-state index in [-0.39, 0.29) is 11.7 Å². The number of nitrogens with zero attached hydrogens (tertiary/aromatic N) is 1. The number of hydrogen-bond donors (Lipinski definition) is 2. The van der Waals surface area contributed by atoms with Crippen molar-refractivity contribution in [2.24, 2.45) is 0 Å². The first-order valence-corrected chi connectivity index (χ1v) is 9.36. The van der Waals surface area contributed by atoms with Crippen molar-refractivity contribution in [2.75, 3.05) is 5.75 Å². The van der Waals surface area contributed by atoms with E-state index in [1.54, 1.807) is 0 Å². The van der Waals surface area contributed by atoms with Gasteiger partial charge in [-0.05, 0) is 18.1 Å². The second-order valence-corrected chi connectivity index (χ2v) is 6.83. The molecule has 134 valence electrons. The van der Waals surface area contributed by atoms with Crippen LogP contribution in [0.1, 0.15) is 22.5 Å². The number of imidazole rings is 1. The molecule has 2 aromatic carbocycles. The third kappa shape index (κ3) is 5.47. The summed E-state index contributed by atoms with van der Waals surface area (Å²) in [7, 11) is 0. The molecular weight excluding hydrogens is 346 g/mol. The minimum atomic E-state index is -0.190. The van der Waals surface area contributed by atoms with Crippen LogP contribution in [0, 0.1) is 6.92 Å². The molecule has 6 heteroatoms. The Morgan fingerprint density at radius 1 is 1.08 bits per heavy atom. The predicted octanol–water partition coefficient (Wildman–Crippen LogP) is 3.65. The largest absolute Gasteiger partial charge is 0.337 e. The third-order valence-electron chi connectivity index (χ3n) is 3.79. The highest BCUT2D eigenvalue weighted by atomic mass is 32.2. The molecule has 3 rings (SSSR count). The van der Waals surface area contributed by atoms with Crippen LogP contribution in [0.15, 0.2) is 65.8 Å². The van der Waals surface area contributed by atoms with Crippen LogP contribution in [0.5, 0.6) is 0 Å². The molecule has 0 saturated heterocycles. The van der Waals surface area contributed by atoms with E-state index < -0.39 is 0 Å². The number of nitrogens with one attached hydrogen (secondary N) is 2. The first kappa shape index (κ1) is 18.2. The number of hydrogen-bond acceptors (Lipinski definition) is 4. The number of thioether (sulfide) groups is 1. The first-order valence-electron chi connectivity index (χ1n) is 8.37. The van der Waals surface area contributed by atoms with Gasteiger partial charge in [0.2, 0.25) is 0 Å². The molecule has 0 bridgehead atoms. The van der Waals surface area contributed by atoms with Crippen molar-refractivity contribution in [1.82, 2.24) is 15.4 Å². The Balaban J connectivity index is 1.44. The Morgan fingerprint density at radius 2 is 1.73 bits per heavy atom. The van der Waals surface area contributed by atoms with Crippen LogP contribution in [-0.2, 0) is 22.7 Å². The molecule has 26 heavy (non-hydrogen) atoms. The van der Waals surface area contributed by atoms with Crippen LogP contribution in [0.3, 0.4) is 0 Å². The van der Waals surface area contributed by atoms with E-state index in [9.17, 15) is 4.79 Å². The van der Waals surface area contributed by atoms with Gasteiger partial charge in [-0.15, -0.1) is 0 Å². The number of hydroxylamine groups is 1. The van der Waals surface area contributed by atoms with E-state index in [0.29, 0.717) is 6.61 Å². The van der Waals surface area contributed by atoms with Gasteiger partial charge in [0, 0.05) is 12.1 Å². The Kier molecular flexibility index (Phi) is 6.46. The number of aromatic amines is 1. The lowest BCUT2D eigenvalue weighted by Gasteiger charge is -2.05. The molecule has 0 radical (unpaired) electrons. The summed E-state index contributed by atoms with van der Waals surface area (Å²) < 4.78 is 0. The molecule has 0 saturated carbocycles.